The van der Waals surface area contributed by atoms with E-state index in [1.807, 2.05) is 11.8 Å². The molecule has 1 aromatic rings. The second-order valence-electron chi connectivity index (χ2n) is 6.59. The van der Waals surface area contributed by atoms with Crippen LogP contribution in [0.5, 0.6) is 0 Å². The number of piperidine rings is 1. The Morgan fingerprint density at radius 3 is 2.78 bits per heavy atom. The molecule has 2 aliphatic rings. The van der Waals surface area contributed by atoms with Gasteiger partial charge in [0.1, 0.15) is 0 Å². The molecule has 2 fully saturated rings. The number of hydrogen-bond acceptors (Lipinski definition) is 4. The average molecular weight is 338 g/mol. The van der Waals surface area contributed by atoms with Crippen LogP contribution in [0.1, 0.15) is 35.9 Å². The van der Waals surface area contributed by atoms with E-state index in [0.29, 0.717) is 26.2 Å². The highest BCUT2D eigenvalue weighted by atomic mass is 32.1. The van der Waals surface area contributed by atoms with E-state index < -0.39 is 0 Å². The van der Waals surface area contributed by atoms with Gasteiger partial charge in [0.15, 0.2) is 0 Å². The van der Waals surface area contributed by atoms with Crippen LogP contribution in [-0.4, -0.2) is 47.9 Å². The summed E-state index contributed by atoms with van der Waals surface area (Å²) in [6.45, 7) is 6.71. The summed E-state index contributed by atoms with van der Waals surface area (Å²) in [7, 11) is 0. The zero-order chi connectivity index (χ0) is 16.4. The monoisotopic (exact) mass is 338 g/mol. The van der Waals surface area contributed by atoms with Crippen LogP contribution < -0.4 is 5.32 Å². The summed E-state index contributed by atoms with van der Waals surface area (Å²) in [4.78, 5) is 16.6. The summed E-state index contributed by atoms with van der Waals surface area (Å²) in [5.74, 6) is 0. The largest absolute Gasteiger partial charge is 0.392 e. The Labute approximate surface area is 141 Å². The number of likely N-dealkylation sites (tertiary alicyclic amines) is 1. The van der Waals surface area contributed by atoms with Crippen molar-refractivity contribution in [3.8, 4) is 0 Å². The first-order valence-electron chi connectivity index (χ1n) is 8.43. The normalized spacial score (nSPS) is 26.1. The fraction of sp³-hybridized carbons (Fsp3) is 0.706. The predicted octanol–water partition coefficient (Wildman–Crippen LogP) is 2.52. The number of carbonyl (C=O) groups is 1. The van der Waals surface area contributed by atoms with E-state index in [2.05, 4.69) is 24.4 Å². The Morgan fingerprint density at radius 2 is 2.22 bits per heavy atom. The van der Waals surface area contributed by atoms with E-state index >= 15 is 0 Å². The van der Waals surface area contributed by atoms with Gasteiger partial charge in [-0.15, -0.1) is 11.3 Å². The molecule has 1 aromatic heterocycles. The van der Waals surface area contributed by atoms with E-state index in [-0.39, 0.29) is 23.7 Å². The number of hydrogen-bond donors (Lipinski definition) is 2. The molecule has 1 saturated carbocycles. The predicted molar refractivity (Wildman–Crippen MR) is 90.6 cm³/mol. The number of thiophene rings is 1. The molecule has 0 unspecified atom stereocenters. The molecule has 1 spiro atoms. The van der Waals surface area contributed by atoms with Crippen molar-refractivity contribution >= 4 is 17.4 Å². The number of nitrogens with zero attached hydrogens (tertiary/aromatic N) is 1. The molecule has 1 saturated heterocycles. The highest BCUT2D eigenvalue weighted by Crippen LogP contribution is 2.50. The topological polar surface area (TPSA) is 61.8 Å². The molecule has 1 aliphatic carbocycles. The molecule has 23 heavy (non-hydrogen) atoms. The standard InChI is InChI=1S/C17H26N2O3S/c1-3-22-15-10-14(20)17(15)6-8-19(9-7-17)16(21)18-11-13-5-4-12(2)23-13/h4-5,14-15,20H,3,6-11H2,1-2H3,(H,18,21)/t14-,15-/m0/s1. The quantitative estimate of drug-likeness (QED) is 0.887. The van der Waals surface area contributed by atoms with Crippen molar-refractivity contribution in [3.63, 3.8) is 0 Å². The van der Waals surface area contributed by atoms with Gasteiger partial charge in [-0.3, -0.25) is 0 Å². The zero-order valence-electron chi connectivity index (χ0n) is 13.9. The number of ether oxygens (including phenoxy) is 1. The van der Waals surface area contributed by atoms with Gasteiger partial charge in [0.05, 0.1) is 18.8 Å². The van der Waals surface area contributed by atoms with Crippen molar-refractivity contribution in [3.05, 3.63) is 21.9 Å². The number of urea groups is 1. The van der Waals surface area contributed by atoms with Gasteiger partial charge in [-0.1, -0.05) is 0 Å². The molecule has 2 atom stereocenters. The van der Waals surface area contributed by atoms with Gasteiger partial charge in [-0.25, -0.2) is 4.79 Å². The second kappa shape index (κ2) is 6.79. The third-order valence-corrected chi connectivity index (χ3v) is 6.30. The molecular weight excluding hydrogens is 312 g/mol. The Balaban J connectivity index is 1.49. The van der Waals surface area contributed by atoms with Crippen LogP contribution in [0.2, 0.25) is 0 Å². The van der Waals surface area contributed by atoms with Gasteiger partial charge in [0, 0.05) is 41.3 Å². The smallest absolute Gasteiger partial charge is 0.317 e. The molecule has 6 heteroatoms. The maximum Gasteiger partial charge on any atom is 0.317 e. The fourth-order valence-corrected chi connectivity index (χ4v) is 4.63. The van der Waals surface area contributed by atoms with Crippen molar-refractivity contribution in [2.45, 2.75) is 51.9 Å². The lowest BCUT2D eigenvalue weighted by molar-refractivity contribution is -0.207. The van der Waals surface area contributed by atoms with Crippen molar-refractivity contribution in [1.29, 1.82) is 0 Å². The molecule has 0 bridgehead atoms. The minimum atomic E-state index is -0.279. The molecule has 1 aliphatic heterocycles. The van der Waals surface area contributed by atoms with Gasteiger partial charge in [-0.05, 0) is 38.8 Å². The van der Waals surface area contributed by atoms with Gasteiger partial charge in [0.25, 0.3) is 0 Å². The first-order chi connectivity index (χ1) is 11.0. The van der Waals surface area contributed by atoms with Gasteiger partial charge >= 0.3 is 6.03 Å². The molecular formula is C17H26N2O3S. The first-order valence-corrected chi connectivity index (χ1v) is 9.24. The van der Waals surface area contributed by atoms with Crippen molar-refractivity contribution in [2.75, 3.05) is 19.7 Å². The van der Waals surface area contributed by atoms with E-state index in [9.17, 15) is 9.90 Å². The number of nitrogens with one attached hydrogen (secondary N) is 1. The van der Waals surface area contributed by atoms with Crippen molar-refractivity contribution < 1.29 is 14.6 Å². The van der Waals surface area contributed by atoms with Crippen molar-refractivity contribution in [1.82, 2.24) is 10.2 Å². The Kier molecular flexibility index (Phi) is 4.94. The Hall–Kier alpha value is -1.11. The van der Waals surface area contributed by atoms with Gasteiger partial charge in [-0.2, -0.15) is 0 Å². The van der Waals surface area contributed by atoms with Crippen LogP contribution >= 0.6 is 11.3 Å². The highest BCUT2D eigenvalue weighted by molar-refractivity contribution is 7.11. The first kappa shape index (κ1) is 16.7. The molecule has 5 nitrogen and oxygen atoms in total. The van der Waals surface area contributed by atoms with Crippen LogP contribution in [0.25, 0.3) is 0 Å². The Bertz CT molecular complexity index is 550. The summed E-state index contributed by atoms with van der Waals surface area (Å²) >= 11 is 1.71. The Morgan fingerprint density at radius 1 is 1.48 bits per heavy atom. The summed E-state index contributed by atoms with van der Waals surface area (Å²) in [5.41, 5.74) is -0.127. The minimum absolute atomic E-state index is 0.00678. The maximum absolute atomic E-state index is 12.3. The average Bonchev–Trinajstić information content (AvgIpc) is 2.98. The molecule has 128 valence electrons. The van der Waals surface area contributed by atoms with E-state index in [1.54, 1.807) is 11.3 Å². The van der Waals surface area contributed by atoms with Crippen LogP contribution in [0, 0.1) is 12.3 Å². The van der Waals surface area contributed by atoms with Gasteiger partial charge < -0.3 is 20.1 Å². The summed E-state index contributed by atoms with van der Waals surface area (Å²) < 4.78 is 5.77. The fourth-order valence-electron chi connectivity index (χ4n) is 3.80. The molecule has 2 amide bonds. The summed E-state index contributed by atoms with van der Waals surface area (Å²) in [5, 5.41) is 13.2. The molecule has 0 aromatic carbocycles. The van der Waals surface area contributed by atoms with Crippen molar-refractivity contribution in [2.24, 2.45) is 5.41 Å². The number of aryl methyl sites for hydroxylation is 1. The van der Waals surface area contributed by atoms with Crippen LogP contribution in [0.15, 0.2) is 12.1 Å². The molecule has 2 N–H and O–H groups in total. The maximum atomic E-state index is 12.3. The van der Waals surface area contributed by atoms with E-state index in [1.165, 1.54) is 9.75 Å². The third kappa shape index (κ3) is 3.25. The molecule has 0 radical (unpaired) electrons. The molecule has 2 heterocycles. The lowest BCUT2D eigenvalue weighted by Gasteiger charge is -2.56. The van der Waals surface area contributed by atoms with E-state index in [0.717, 1.165) is 19.3 Å². The van der Waals surface area contributed by atoms with Crippen LogP contribution in [-0.2, 0) is 11.3 Å². The zero-order valence-corrected chi connectivity index (χ0v) is 14.7. The second-order valence-corrected chi connectivity index (χ2v) is 7.96. The lowest BCUT2D eigenvalue weighted by Crippen LogP contribution is -2.63. The third-order valence-electron chi connectivity index (χ3n) is 5.30. The summed E-state index contributed by atoms with van der Waals surface area (Å²) in [6.07, 6.45) is 2.26. The van der Waals surface area contributed by atoms with Gasteiger partial charge in [0.2, 0.25) is 0 Å². The number of rotatable bonds is 4. The number of amides is 2. The lowest BCUT2D eigenvalue weighted by atomic mass is 9.58. The minimum Gasteiger partial charge on any atom is -0.392 e. The number of aliphatic hydroxyl groups excluding tert-OH is 1. The SMILES string of the molecule is CCO[C@H]1C[C@H](O)C12CCN(C(=O)NCc1ccc(C)s1)CC2. The number of carbonyl (C=O) groups excluding carboxylic acids is 1. The molecule has 3 rings (SSSR count). The summed E-state index contributed by atoms with van der Waals surface area (Å²) in [6, 6.07) is 4.12. The number of aliphatic hydroxyl groups is 1. The van der Waals surface area contributed by atoms with Crippen LogP contribution in [0.4, 0.5) is 4.79 Å². The van der Waals surface area contributed by atoms with Crippen LogP contribution in [0.3, 0.4) is 0 Å². The highest BCUT2D eigenvalue weighted by Gasteiger charge is 2.56. The van der Waals surface area contributed by atoms with E-state index in [4.69, 9.17) is 4.74 Å².